The third kappa shape index (κ3) is 3.13. The molecule has 0 spiro atoms. The van der Waals surface area contributed by atoms with Crippen molar-refractivity contribution in [3.05, 3.63) is 18.3 Å². The molecule has 0 bridgehead atoms. The minimum atomic E-state index is 0.555. The molecule has 1 fully saturated rings. The third-order valence-corrected chi connectivity index (χ3v) is 3.53. The van der Waals surface area contributed by atoms with Crippen molar-refractivity contribution in [3.63, 3.8) is 0 Å². The summed E-state index contributed by atoms with van der Waals surface area (Å²) < 4.78 is 0. The van der Waals surface area contributed by atoms with Crippen LogP contribution in [0.1, 0.15) is 20.3 Å². The van der Waals surface area contributed by atoms with Gasteiger partial charge >= 0.3 is 0 Å². The van der Waals surface area contributed by atoms with Gasteiger partial charge in [-0.15, -0.1) is 0 Å². The molecule has 0 aliphatic carbocycles. The second kappa shape index (κ2) is 5.57. The van der Waals surface area contributed by atoms with Gasteiger partial charge in [-0.3, -0.25) is 4.90 Å². The van der Waals surface area contributed by atoms with Crippen molar-refractivity contribution in [3.8, 4) is 0 Å². The Labute approximate surface area is 110 Å². The van der Waals surface area contributed by atoms with E-state index in [2.05, 4.69) is 41.2 Å². The van der Waals surface area contributed by atoms with Crippen LogP contribution in [0.2, 0.25) is 0 Å². The van der Waals surface area contributed by atoms with E-state index >= 15 is 0 Å². The SMILES string of the molecule is CC(C)N1CCC(Nc2ccc(N(C)C)nc2)C1. The summed E-state index contributed by atoms with van der Waals surface area (Å²) in [5.74, 6) is 0.996. The van der Waals surface area contributed by atoms with Gasteiger partial charge in [0.15, 0.2) is 0 Å². The van der Waals surface area contributed by atoms with Gasteiger partial charge in [-0.1, -0.05) is 0 Å². The van der Waals surface area contributed by atoms with Crippen LogP contribution >= 0.6 is 0 Å². The Morgan fingerprint density at radius 3 is 2.67 bits per heavy atom. The van der Waals surface area contributed by atoms with Crippen molar-refractivity contribution in [2.75, 3.05) is 37.4 Å². The van der Waals surface area contributed by atoms with Gasteiger partial charge in [0.1, 0.15) is 5.82 Å². The second-order valence-corrected chi connectivity index (χ2v) is 5.52. The third-order valence-electron chi connectivity index (χ3n) is 3.53. The summed E-state index contributed by atoms with van der Waals surface area (Å²) in [5.41, 5.74) is 1.12. The Balaban J connectivity index is 1.90. The van der Waals surface area contributed by atoms with Crippen LogP contribution in [0.25, 0.3) is 0 Å². The summed E-state index contributed by atoms with van der Waals surface area (Å²) in [6.45, 7) is 6.84. The zero-order chi connectivity index (χ0) is 13.1. The molecule has 4 nitrogen and oxygen atoms in total. The molecule has 0 saturated carbocycles. The molecule has 1 aromatic rings. The Morgan fingerprint density at radius 1 is 1.39 bits per heavy atom. The minimum Gasteiger partial charge on any atom is -0.380 e. The molecule has 0 aromatic carbocycles. The van der Waals surface area contributed by atoms with E-state index in [0.29, 0.717) is 12.1 Å². The van der Waals surface area contributed by atoms with Crippen LogP contribution in [0.5, 0.6) is 0 Å². The van der Waals surface area contributed by atoms with Crippen molar-refractivity contribution < 1.29 is 0 Å². The predicted molar refractivity (Wildman–Crippen MR) is 77.3 cm³/mol. The number of rotatable bonds is 4. The highest BCUT2D eigenvalue weighted by molar-refractivity contribution is 5.48. The van der Waals surface area contributed by atoms with Gasteiger partial charge < -0.3 is 10.2 Å². The van der Waals surface area contributed by atoms with Gasteiger partial charge in [0.2, 0.25) is 0 Å². The zero-order valence-electron chi connectivity index (χ0n) is 11.8. The summed E-state index contributed by atoms with van der Waals surface area (Å²) >= 11 is 0. The molecule has 1 aliphatic heterocycles. The fourth-order valence-electron chi connectivity index (χ4n) is 2.35. The molecule has 1 aliphatic rings. The summed E-state index contributed by atoms with van der Waals surface area (Å²) in [5, 5.41) is 3.57. The number of nitrogens with zero attached hydrogens (tertiary/aromatic N) is 3. The maximum atomic E-state index is 4.42. The Hall–Kier alpha value is -1.29. The van der Waals surface area contributed by atoms with Crippen LogP contribution in [0, 0.1) is 0 Å². The number of anilines is 2. The van der Waals surface area contributed by atoms with Crippen LogP contribution in [0.4, 0.5) is 11.5 Å². The maximum absolute atomic E-state index is 4.42. The van der Waals surface area contributed by atoms with Crippen LogP contribution < -0.4 is 10.2 Å². The lowest BCUT2D eigenvalue weighted by atomic mass is 10.2. The molecule has 1 atom stereocenters. The van der Waals surface area contributed by atoms with Gasteiger partial charge in [-0.2, -0.15) is 0 Å². The van der Waals surface area contributed by atoms with Crippen LogP contribution in [0.15, 0.2) is 18.3 Å². The number of pyridine rings is 1. The fourth-order valence-corrected chi connectivity index (χ4v) is 2.35. The molecule has 100 valence electrons. The average Bonchev–Trinajstić information content (AvgIpc) is 2.78. The molecule has 1 aromatic heterocycles. The molecule has 0 amide bonds. The molecule has 18 heavy (non-hydrogen) atoms. The van der Waals surface area contributed by atoms with Crippen LogP contribution in [0.3, 0.4) is 0 Å². The fraction of sp³-hybridized carbons (Fsp3) is 0.643. The molecule has 0 radical (unpaired) electrons. The molecule has 1 N–H and O–H groups in total. The molecule has 2 heterocycles. The van der Waals surface area contributed by atoms with Crippen molar-refractivity contribution in [1.82, 2.24) is 9.88 Å². The summed E-state index contributed by atoms with van der Waals surface area (Å²) in [4.78, 5) is 8.95. The van der Waals surface area contributed by atoms with E-state index in [4.69, 9.17) is 0 Å². The predicted octanol–water partition coefficient (Wildman–Crippen LogP) is 2.04. The number of nitrogens with one attached hydrogen (secondary N) is 1. The highest BCUT2D eigenvalue weighted by atomic mass is 15.2. The summed E-state index contributed by atoms with van der Waals surface area (Å²) in [7, 11) is 4.01. The van der Waals surface area contributed by atoms with E-state index in [0.717, 1.165) is 18.1 Å². The van der Waals surface area contributed by atoms with Gasteiger partial charge in [0.25, 0.3) is 0 Å². The first-order chi connectivity index (χ1) is 8.56. The van der Waals surface area contributed by atoms with E-state index in [-0.39, 0.29) is 0 Å². The highest BCUT2D eigenvalue weighted by Gasteiger charge is 2.23. The Morgan fingerprint density at radius 2 is 2.17 bits per heavy atom. The van der Waals surface area contributed by atoms with Crippen molar-refractivity contribution >= 4 is 11.5 Å². The normalized spacial score (nSPS) is 20.4. The van der Waals surface area contributed by atoms with E-state index in [1.807, 2.05) is 25.2 Å². The molecular weight excluding hydrogens is 224 g/mol. The van der Waals surface area contributed by atoms with E-state index < -0.39 is 0 Å². The number of hydrogen-bond donors (Lipinski definition) is 1. The lowest BCUT2D eigenvalue weighted by Crippen LogP contribution is -2.31. The molecule has 1 unspecified atom stereocenters. The molecule has 4 heteroatoms. The summed E-state index contributed by atoms with van der Waals surface area (Å²) in [6, 6.07) is 5.36. The lowest BCUT2D eigenvalue weighted by molar-refractivity contribution is 0.274. The highest BCUT2D eigenvalue weighted by Crippen LogP contribution is 2.18. The lowest BCUT2D eigenvalue weighted by Gasteiger charge is -2.21. The minimum absolute atomic E-state index is 0.555. The van der Waals surface area contributed by atoms with Gasteiger partial charge in [0.05, 0.1) is 11.9 Å². The number of hydrogen-bond acceptors (Lipinski definition) is 4. The van der Waals surface area contributed by atoms with Crippen molar-refractivity contribution in [2.24, 2.45) is 0 Å². The van der Waals surface area contributed by atoms with E-state index in [1.54, 1.807) is 0 Å². The molecule has 1 saturated heterocycles. The smallest absolute Gasteiger partial charge is 0.128 e. The first-order valence-electron chi connectivity index (χ1n) is 6.70. The first-order valence-corrected chi connectivity index (χ1v) is 6.70. The quantitative estimate of drug-likeness (QED) is 0.883. The van der Waals surface area contributed by atoms with Crippen molar-refractivity contribution in [2.45, 2.75) is 32.4 Å². The molecular formula is C14H24N4. The molecule has 2 rings (SSSR count). The zero-order valence-corrected chi connectivity index (χ0v) is 11.8. The Kier molecular flexibility index (Phi) is 4.07. The van der Waals surface area contributed by atoms with Crippen LogP contribution in [-0.4, -0.2) is 49.2 Å². The van der Waals surface area contributed by atoms with E-state index in [9.17, 15) is 0 Å². The largest absolute Gasteiger partial charge is 0.380 e. The Bertz CT molecular complexity index is 372. The topological polar surface area (TPSA) is 31.4 Å². The number of likely N-dealkylation sites (tertiary alicyclic amines) is 1. The average molecular weight is 248 g/mol. The monoisotopic (exact) mass is 248 g/mol. The maximum Gasteiger partial charge on any atom is 0.128 e. The van der Waals surface area contributed by atoms with Gasteiger partial charge in [-0.25, -0.2) is 4.98 Å². The van der Waals surface area contributed by atoms with Gasteiger partial charge in [0, 0.05) is 39.3 Å². The second-order valence-electron chi connectivity index (χ2n) is 5.52. The standard InChI is InChI=1S/C14H24N4/c1-11(2)18-8-7-13(10-18)16-12-5-6-14(15-9-12)17(3)4/h5-6,9,11,13,16H,7-8,10H2,1-4H3. The first kappa shape index (κ1) is 13.1. The van der Waals surface area contributed by atoms with Crippen LogP contribution in [-0.2, 0) is 0 Å². The van der Waals surface area contributed by atoms with Crippen molar-refractivity contribution in [1.29, 1.82) is 0 Å². The van der Waals surface area contributed by atoms with Gasteiger partial charge in [-0.05, 0) is 32.4 Å². The van der Waals surface area contributed by atoms with E-state index in [1.165, 1.54) is 13.0 Å². The number of aromatic nitrogens is 1. The summed E-state index contributed by atoms with van der Waals surface area (Å²) in [6.07, 6.45) is 3.14.